The fourth-order valence-electron chi connectivity index (χ4n) is 6.36. The Kier molecular flexibility index (Phi) is 6.20. The molecule has 0 bridgehead atoms. The molecular formula is C35H36NOSi+. The minimum atomic E-state index is -1.38. The Labute approximate surface area is 226 Å². The zero-order chi connectivity index (χ0) is 26.4. The zero-order valence-electron chi connectivity index (χ0n) is 23.1. The van der Waals surface area contributed by atoms with Crippen molar-refractivity contribution < 1.29 is 8.98 Å². The molecule has 0 saturated carbocycles. The lowest BCUT2D eigenvalue weighted by Crippen LogP contribution is -2.45. The number of furan rings is 1. The molecule has 0 fully saturated rings. The third-order valence-corrected chi connectivity index (χ3v) is 14.6. The van der Waals surface area contributed by atoms with Crippen LogP contribution < -0.4 is 9.75 Å². The highest BCUT2D eigenvalue weighted by Gasteiger charge is 2.29. The maximum absolute atomic E-state index is 6.71. The Morgan fingerprint density at radius 1 is 0.684 bits per heavy atom. The highest BCUT2D eigenvalue weighted by Crippen LogP contribution is 2.40. The summed E-state index contributed by atoms with van der Waals surface area (Å²) in [5.41, 5.74) is 7.98. The summed E-state index contributed by atoms with van der Waals surface area (Å²) >= 11 is 0. The smallest absolute Gasteiger partial charge is 0.216 e. The molecule has 0 aliphatic rings. The molecule has 38 heavy (non-hydrogen) atoms. The van der Waals surface area contributed by atoms with Crippen LogP contribution in [0.3, 0.4) is 0 Å². The first-order chi connectivity index (χ1) is 18.5. The molecule has 2 nitrogen and oxygen atoms in total. The lowest BCUT2D eigenvalue weighted by molar-refractivity contribution is -0.660. The van der Waals surface area contributed by atoms with Gasteiger partial charge in [-0.1, -0.05) is 111 Å². The minimum absolute atomic E-state index is 0.962. The average molecular weight is 515 g/mol. The average Bonchev–Trinajstić information content (AvgIpc) is 3.34. The largest absolute Gasteiger partial charge is 0.454 e. The summed E-state index contributed by atoms with van der Waals surface area (Å²) in [6.45, 7) is 9.31. The van der Waals surface area contributed by atoms with Crippen LogP contribution >= 0.6 is 0 Å². The first-order valence-electron chi connectivity index (χ1n) is 13.9. The van der Waals surface area contributed by atoms with Crippen molar-refractivity contribution in [3.05, 3.63) is 96.7 Å². The summed E-state index contributed by atoms with van der Waals surface area (Å²) in [7, 11) is 0.747. The number of rotatable bonds is 6. The molecule has 4 aromatic carbocycles. The molecule has 0 spiro atoms. The predicted molar refractivity (Wildman–Crippen MR) is 165 cm³/mol. The van der Waals surface area contributed by atoms with Gasteiger partial charge >= 0.3 is 0 Å². The van der Waals surface area contributed by atoms with Crippen molar-refractivity contribution in [2.45, 2.75) is 45.8 Å². The first kappa shape index (κ1) is 24.6. The van der Waals surface area contributed by atoms with Crippen LogP contribution in [0.15, 0.2) is 95.5 Å². The van der Waals surface area contributed by atoms with Gasteiger partial charge in [0.15, 0.2) is 6.20 Å². The van der Waals surface area contributed by atoms with Gasteiger partial charge in [0.1, 0.15) is 18.2 Å². The second kappa shape index (κ2) is 9.56. The van der Waals surface area contributed by atoms with E-state index in [1.54, 1.807) is 5.19 Å². The van der Waals surface area contributed by atoms with Crippen molar-refractivity contribution in [1.82, 2.24) is 0 Å². The van der Waals surface area contributed by atoms with Crippen molar-refractivity contribution in [1.29, 1.82) is 0 Å². The van der Waals surface area contributed by atoms with Crippen LogP contribution in [0.5, 0.6) is 0 Å². The van der Waals surface area contributed by atoms with Gasteiger partial charge in [-0.05, 0) is 35.1 Å². The van der Waals surface area contributed by atoms with Crippen LogP contribution in [0.25, 0.3) is 55.1 Å². The molecule has 0 saturated heterocycles. The number of hydrogen-bond acceptors (Lipinski definition) is 1. The molecule has 0 aliphatic heterocycles. The normalized spacial score (nSPS) is 12.1. The van der Waals surface area contributed by atoms with E-state index in [1.807, 2.05) is 0 Å². The van der Waals surface area contributed by atoms with Crippen molar-refractivity contribution in [3.63, 3.8) is 0 Å². The molecule has 2 heterocycles. The summed E-state index contributed by atoms with van der Waals surface area (Å²) in [5, 5.41) is 6.29. The fraction of sp³-hybridized carbons (Fsp3) is 0.229. The number of pyridine rings is 1. The summed E-state index contributed by atoms with van der Waals surface area (Å²) in [6, 6.07) is 35.3. The van der Waals surface area contributed by atoms with Gasteiger partial charge in [0.2, 0.25) is 5.69 Å². The zero-order valence-corrected chi connectivity index (χ0v) is 24.1. The molecule has 2 aromatic heterocycles. The van der Waals surface area contributed by atoms with Crippen molar-refractivity contribution in [3.8, 4) is 22.4 Å². The minimum Gasteiger partial charge on any atom is -0.454 e. The van der Waals surface area contributed by atoms with Crippen LogP contribution in [-0.2, 0) is 7.05 Å². The monoisotopic (exact) mass is 514 g/mol. The Hall–Kier alpha value is -3.69. The Balaban J connectivity index is 1.51. The maximum atomic E-state index is 6.71. The van der Waals surface area contributed by atoms with Gasteiger partial charge in [-0.15, -0.1) is 0 Å². The van der Waals surface area contributed by atoms with E-state index in [2.05, 4.69) is 130 Å². The van der Waals surface area contributed by atoms with E-state index in [1.165, 1.54) is 51.0 Å². The lowest BCUT2D eigenvalue weighted by Gasteiger charge is -2.28. The highest BCUT2D eigenvalue weighted by molar-refractivity contribution is 6.91. The fourth-order valence-corrected chi connectivity index (χ4v) is 9.96. The number of aryl methyl sites for hydroxylation is 2. The molecule has 0 atom stereocenters. The molecular weight excluding hydrogens is 478 g/mol. The highest BCUT2D eigenvalue weighted by atomic mass is 28.3. The van der Waals surface area contributed by atoms with Crippen LogP contribution in [0.2, 0.25) is 18.1 Å². The van der Waals surface area contributed by atoms with Crippen molar-refractivity contribution in [2.24, 2.45) is 7.05 Å². The molecule has 0 radical (unpaired) electrons. The maximum Gasteiger partial charge on any atom is 0.216 e. The molecule has 0 amide bonds. The number of fused-ring (bicyclic) bond motifs is 5. The standard InChI is InChI=1S/C35H36NOSi/c1-6-38(7-2,8-3)28-17-14-25(15-18-28)27-21-22-36(5)32(23-27)33-24(4)13-19-31-30-20-16-26-11-9-10-12-29(26)34(30)37-35(31)33/h9-23H,6-8H2,1-5H3/q+1. The molecule has 0 unspecified atom stereocenters. The van der Waals surface area contributed by atoms with Crippen molar-refractivity contribution >= 4 is 46.0 Å². The van der Waals surface area contributed by atoms with Gasteiger partial charge in [-0.3, -0.25) is 0 Å². The van der Waals surface area contributed by atoms with Gasteiger partial charge < -0.3 is 4.42 Å². The van der Waals surface area contributed by atoms with E-state index in [0.29, 0.717) is 0 Å². The van der Waals surface area contributed by atoms with Gasteiger partial charge in [-0.2, -0.15) is 0 Å². The van der Waals surface area contributed by atoms with Crippen LogP contribution in [0, 0.1) is 6.92 Å². The Morgan fingerprint density at radius 2 is 1.37 bits per heavy atom. The first-order valence-corrected chi connectivity index (χ1v) is 16.6. The predicted octanol–water partition coefficient (Wildman–Crippen LogP) is 8.92. The summed E-state index contributed by atoms with van der Waals surface area (Å²) < 4.78 is 8.93. The van der Waals surface area contributed by atoms with Crippen molar-refractivity contribution in [2.75, 3.05) is 0 Å². The SMILES string of the molecule is CC[Si](CC)(CC)c1ccc(-c2cc[n+](C)c(-c3c(C)ccc4c3oc3c5ccccc5ccc43)c2)cc1. The lowest BCUT2D eigenvalue weighted by atomic mass is 9.97. The van der Waals surface area contributed by atoms with E-state index >= 15 is 0 Å². The molecule has 0 aliphatic carbocycles. The molecule has 0 N–H and O–H groups in total. The second-order valence-electron chi connectivity index (χ2n) is 10.7. The summed E-state index contributed by atoms with van der Waals surface area (Å²) in [6.07, 6.45) is 2.18. The quantitative estimate of drug-likeness (QED) is 0.160. The number of benzene rings is 4. The van der Waals surface area contributed by atoms with Crippen LogP contribution in [0.1, 0.15) is 26.3 Å². The van der Waals surface area contributed by atoms with E-state index in [0.717, 1.165) is 27.8 Å². The number of aromatic nitrogens is 1. The number of hydrogen-bond donors (Lipinski definition) is 0. The number of nitrogens with zero attached hydrogens (tertiary/aromatic N) is 1. The van der Waals surface area contributed by atoms with Crippen LogP contribution in [0.4, 0.5) is 0 Å². The van der Waals surface area contributed by atoms with Crippen LogP contribution in [-0.4, -0.2) is 8.07 Å². The van der Waals surface area contributed by atoms with Gasteiger partial charge in [0.05, 0.1) is 13.6 Å². The summed E-state index contributed by atoms with van der Waals surface area (Å²) in [4.78, 5) is 0. The summed E-state index contributed by atoms with van der Waals surface area (Å²) in [5.74, 6) is 0. The Bertz CT molecular complexity index is 1780. The third-order valence-electron chi connectivity index (χ3n) is 9.01. The van der Waals surface area contributed by atoms with Gasteiger partial charge in [-0.25, -0.2) is 4.57 Å². The molecule has 3 heteroatoms. The van der Waals surface area contributed by atoms with E-state index in [4.69, 9.17) is 4.42 Å². The van der Waals surface area contributed by atoms with E-state index in [9.17, 15) is 0 Å². The second-order valence-corrected chi connectivity index (χ2v) is 16.0. The van der Waals surface area contributed by atoms with E-state index in [-0.39, 0.29) is 0 Å². The molecule has 190 valence electrons. The van der Waals surface area contributed by atoms with Gasteiger partial charge in [0.25, 0.3) is 0 Å². The topological polar surface area (TPSA) is 17.0 Å². The third kappa shape index (κ3) is 3.80. The molecule has 6 rings (SSSR count). The molecule has 6 aromatic rings. The van der Waals surface area contributed by atoms with Gasteiger partial charge in [0, 0.05) is 28.3 Å². The van der Waals surface area contributed by atoms with E-state index < -0.39 is 8.07 Å². The Morgan fingerprint density at radius 3 is 2.11 bits per heavy atom.